The number of urea groups is 1. The number of carbonyl (C=O) groups is 3. The molecule has 0 unspecified atom stereocenters. The van der Waals surface area contributed by atoms with E-state index in [-0.39, 0.29) is 22.7 Å². The second-order valence-electron chi connectivity index (χ2n) is 5.31. The molecule has 0 fully saturated rings. The van der Waals surface area contributed by atoms with Gasteiger partial charge in [0.25, 0.3) is 0 Å². The van der Waals surface area contributed by atoms with Gasteiger partial charge in [-0.15, -0.1) is 0 Å². The first-order valence-electron chi connectivity index (χ1n) is 7.79. The number of thioether (sulfide) groups is 1. The smallest absolute Gasteiger partial charge is 0.319 e. The van der Waals surface area contributed by atoms with Gasteiger partial charge < -0.3 is 15.7 Å². The summed E-state index contributed by atoms with van der Waals surface area (Å²) in [5, 5.41) is 14.4. The van der Waals surface area contributed by atoms with E-state index in [0.29, 0.717) is 18.5 Å². The monoisotopic (exact) mass is 348 g/mol. The lowest BCUT2D eigenvalue weighted by Gasteiger charge is -2.08. The molecule has 0 aromatic heterocycles. The molecular formula is C17H20N2O4S. The van der Waals surface area contributed by atoms with Gasteiger partial charge in [0.2, 0.25) is 11.6 Å². The van der Waals surface area contributed by atoms with E-state index >= 15 is 0 Å². The predicted molar refractivity (Wildman–Crippen MR) is 95.1 cm³/mol. The van der Waals surface area contributed by atoms with Crippen LogP contribution in [0.5, 0.6) is 0 Å². The number of benzene rings is 1. The van der Waals surface area contributed by atoms with Gasteiger partial charge in [0.05, 0.1) is 6.26 Å². The highest BCUT2D eigenvalue weighted by Crippen LogP contribution is 2.28. The molecule has 1 aromatic carbocycles. The van der Waals surface area contributed by atoms with Crippen LogP contribution in [0.25, 0.3) is 0 Å². The van der Waals surface area contributed by atoms with Gasteiger partial charge in [-0.1, -0.05) is 13.3 Å². The Morgan fingerprint density at radius 3 is 2.67 bits per heavy atom. The third kappa shape index (κ3) is 4.17. The summed E-state index contributed by atoms with van der Waals surface area (Å²) in [6.07, 6.45) is 2.86. The molecule has 1 aliphatic rings. The third-order valence-corrected chi connectivity index (χ3v) is 4.63. The lowest BCUT2D eigenvalue weighted by Crippen LogP contribution is -2.30. The minimum absolute atomic E-state index is 0.188. The summed E-state index contributed by atoms with van der Waals surface area (Å²) in [5.41, 5.74) is 0.590. The Morgan fingerprint density at radius 2 is 1.96 bits per heavy atom. The first-order chi connectivity index (χ1) is 11.6. The van der Waals surface area contributed by atoms with Crippen molar-refractivity contribution in [2.45, 2.75) is 19.8 Å². The first-order valence-corrected chi connectivity index (χ1v) is 8.94. The van der Waals surface area contributed by atoms with Crippen LogP contribution in [-0.2, 0) is 0 Å². The van der Waals surface area contributed by atoms with Crippen molar-refractivity contribution in [3.63, 3.8) is 0 Å². The van der Waals surface area contributed by atoms with E-state index in [1.165, 1.54) is 18.6 Å². The van der Waals surface area contributed by atoms with Crippen LogP contribution in [0.1, 0.15) is 40.5 Å². The van der Waals surface area contributed by atoms with E-state index in [1.54, 1.807) is 17.8 Å². The van der Waals surface area contributed by atoms with Gasteiger partial charge in [-0.25, -0.2) is 4.79 Å². The molecule has 0 heterocycles. The highest BCUT2D eigenvalue weighted by Gasteiger charge is 2.33. The topological polar surface area (TPSA) is 95.5 Å². The van der Waals surface area contributed by atoms with Crippen LogP contribution in [0.2, 0.25) is 0 Å². The Balaban J connectivity index is 1.89. The number of rotatable bonds is 7. The molecule has 0 bridgehead atoms. The maximum atomic E-state index is 12.0. The molecule has 0 spiro atoms. The number of amides is 2. The zero-order valence-corrected chi connectivity index (χ0v) is 14.2. The van der Waals surface area contributed by atoms with Gasteiger partial charge in [0, 0.05) is 29.1 Å². The Kier molecular flexibility index (Phi) is 6.43. The number of fused-ring (bicyclic) bond motifs is 1. The van der Waals surface area contributed by atoms with Gasteiger partial charge in [0.15, 0.2) is 0 Å². The molecule has 1 aliphatic carbocycles. The summed E-state index contributed by atoms with van der Waals surface area (Å²) in [5.74, 6) is 0.892. The standard InChI is InChI=1S/C17H20N2O4S/c1-2-3-7-24-8-6-18-17(23)19-11-4-5-12-13(9-11)16(22)14(10-20)15(12)21/h4-5,9-10,20H,2-3,6-8H2,1H3,(H2,18,19,23)/b14-10-. The van der Waals surface area contributed by atoms with Crippen LogP contribution in [0.4, 0.5) is 10.5 Å². The van der Waals surface area contributed by atoms with Gasteiger partial charge in [-0.2, -0.15) is 11.8 Å². The number of unbranched alkanes of at least 4 members (excludes halogenated alkanes) is 1. The predicted octanol–water partition coefficient (Wildman–Crippen LogP) is 3.16. The lowest BCUT2D eigenvalue weighted by molar-refractivity contribution is 0.0984. The number of aliphatic hydroxyl groups is 1. The Bertz CT molecular complexity index is 685. The van der Waals surface area contributed by atoms with Gasteiger partial charge >= 0.3 is 6.03 Å². The van der Waals surface area contributed by atoms with Crippen molar-refractivity contribution in [1.82, 2.24) is 5.32 Å². The maximum absolute atomic E-state index is 12.0. The van der Waals surface area contributed by atoms with Crippen LogP contribution in [0, 0.1) is 0 Å². The number of allylic oxidation sites excluding steroid dienone is 1. The average Bonchev–Trinajstić information content (AvgIpc) is 2.81. The molecule has 128 valence electrons. The van der Waals surface area contributed by atoms with E-state index in [1.807, 2.05) is 0 Å². The van der Waals surface area contributed by atoms with Crippen molar-refractivity contribution in [2.75, 3.05) is 23.4 Å². The number of carbonyl (C=O) groups excluding carboxylic acids is 3. The molecule has 0 saturated heterocycles. The zero-order valence-electron chi connectivity index (χ0n) is 13.4. The minimum atomic E-state index is -0.533. The number of hydrogen-bond donors (Lipinski definition) is 3. The Hall–Kier alpha value is -2.28. The molecular weight excluding hydrogens is 328 g/mol. The van der Waals surface area contributed by atoms with Crippen LogP contribution < -0.4 is 10.6 Å². The second kappa shape index (κ2) is 8.54. The molecule has 3 N–H and O–H groups in total. The van der Waals surface area contributed by atoms with E-state index < -0.39 is 11.6 Å². The summed E-state index contributed by atoms with van der Waals surface area (Å²) in [6, 6.07) is 4.12. The van der Waals surface area contributed by atoms with E-state index in [9.17, 15) is 14.4 Å². The fourth-order valence-electron chi connectivity index (χ4n) is 2.28. The molecule has 1 aromatic rings. The fourth-order valence-corrected chi connectivity index (χ4v) is 3.22. The normalized spacial score (nSPS) is 14.8. The molecule has 0 saturated carbocycles. The summed E-state index contributed by atoms with van der Waals surface area (Å²) >= 11 is 1.79. The largest absolute Gasteiger partial charge is 0.515 e. The maximum Gasteiger partial charge on any atom is 0.319 e. The lowest BCUT2D eigenvalue weighted by atomic mass is 10.1. The molecule has 7 heteroatoms. The summed E-state index contributed by atoms with van der Waals surface area (Å²) in [6.45, 7) is 2.69. The van der Waals surface area contributed by atoms with E-state index in [0.717, 1.165) is 17.9 Å². The fraction of sp³-hybridized carbons (Fsp3) is 0.353. The van der Waals surface area contributed by atoms with Crippen LogP contribution in [0.15, 0.2) is 30.0 Å². The number of aliphatic hydroxyl groups excluding tert-OH is 1. The van der Waals surface area contributed by atoms with Crippen LogP contribution >= 0.6 is 11.8 Å². The Labute approximate surface area is 144 Å². The molecule has 2 amide bonds. The van der Waals surface area contributed by atoms with Crippen molar-refractivity contribution < 1.29 is 19.5 Å². The van der Waals surface area contributed by atoms with Crippen LogP contribution in [0.3, 0.4) is 0 Å². The van der Waals surface area contributed by atoms with E-state index in [4.69, 9.17) is 5.11 Å². The number of ketones is 2. The summed E-state index contributed by atoms with van der Waals surface area (Å²) in [7, 11) is 0. The van der Waals surface area contributed by atoms with Crippen molar-refractivity contribution in [1.29, 1.82) is 0 Å². The molecule has 2 rings (SSSR count). The average molecular weight is 348 g/mol. The minimum Gasteiger partial charge on any atom is -0.515 e. The number of nitrogens with one attached hydrogen (secondary N) is 2. The quantitative estimate of drug-likeness (QED) is 0.304. The number of anilines is 1. The van der Waals surface area contributed by atoms with Crippen molar-refractivity contribution in [3.05, 3.63) is 41.2 Å². The molecule has 0 aliphatic heterocycles. The Morgan fingerprint density at radius 1 is 1.21 bits per heavy atom. The molecule has 0 atom stereocenters. The summed E-state index contributed by atoms with van der Waals surface area (Å²) in [4.78, 5) is 35.7. The van der Waals surface area contributed by atoms with Gasteiger partial charge in [-0.3, -0.25) is 9.59 Å². The molecule has 6 nitrogen and oxygen atoms in total. The van der Waals surface area contributed by atoms with Crippen LogP contribution in [-0.4, -0.2) is 40.8 Å². The highest BCUT2D eigenvalue weighted by atomic mass is 32.2. The number of hydrogen-bond acceptors (Lipinski definition) is 5. The van der Waals surface area contributed by atoms with Crippen molar-refractivity contribution >= 4 is 35.0 Å². The van der Waals surface area contributed by atoms with E-state index in [2.05, 4.69) is 17.6 Å². The van der Waals surface area contributed by atoms with Gasteiger partial charge in [-0.05, 0) is 30.4 Å². The highest BCUT2D eigenvalue weighted by molar-refractivity contribution is 7.99. The second-order valence-corrected chi connectivity index (χ2v) is 6.53. The zero-order chi connectivity index (χ0) is 17.5. The first kappa shape index (κ1) is 18.1. The van der Waals surface area contributed by atoms with Gasteiger partial charge in [0.1, 0.15) is 5.57 Å². The summed E-state index contributed by atoms with van der Waals surface area (Å²) < 4.78 is 0. The molecule has 0 radical (unpaired) electrons. The molecule has 24 heavy (non-hydrogen) atoms. The third-order valence-electron chi connectivity index (χ3n) is 3.56. The van der Waals surface area contributed by atoms with Crippen molar-refractivity contribution in [3.8, 4) is 0 Å². The number of Topliss-reactive ketones (excluding diaryl/α,β-unsaturated/α-hetero) is 2. The SMILES string of the molecule is CCCCSCCNC(=O)Nc1ccc2c(c1)C(=O)/C(=C\O)C2=O. The van der Waals surface area contributed by atoms with Crippen molar-refractivity contribution in [2.24, 2.45) is 0 Å².